The Hall–Kier alpha value is -1.95. The molecule has 0 bridgehead atoms. The summed E-state index contributed by atoms with van der Waals surface area (Å²) in [5.74, 6) is 1.46. The number of nitrogens with one attached hydrogen (secondary N) is 2. The number of benzene rings is 1. The van der Waals surface area contributed by atoms with Crippen molar-refractivity contribution >= 4 is 6.03 Å². The Labute approximate surface area is 124 Å². The molecule has 0 aliphatic carbocycles. The van der Waals surface area contributed by atoms with E-state index >= 15 is 0 Å². The number of ether oxygens (including phenoxy) is 3. The van der Waals surface area contributed by atoms with Crippen molar-refractivity contribution in [1.29, 1.82) is 0 Å². The van der Waals surface area contributed by atoms with Gasteiger partial charge in [-0.05, 0) is 31.5 Å². The maximum Gasteiger partial charge on any atom is 0.315 e. The Morgan fingerprint density at radius 3 is 2.71 bits per heavy atom. The second kappa shape index (κ2) is 6.67. The first-order valence-corrected chi connectivity index (χ1v) is 6.98. The number of methoxy groups -OCH3 is 1. The van der Waals surface area contributed by atoms with Gasteiger partial charge in [-0.2, -0.15) is 0 Å². The minimum Gasteiger partial charge on any atom is -0.486 e. The van der Waals surface area contributed by atoms with E-state index in [2.05, 4.69) is 10.6 Å². The van der Waals surface area contributed by atoms with Crippen LogP contribution in [0.4, 0.5) is 4.79 Å². The van der Waals surface area contributed by atoms with Crippen LogP contribution in [0.15, 0.2) is 18.2 Å². The van der Waals surface area contributed by atoms with E-state index in [-0.39, 0.29) is 6.03 Å². The molecule has 2 rings (SSSR count). The molecule has 2 amide bonds. The smallest absolute Gasteiger partial charge is 0.315 e. The van der Waals surface area contributed by atoms with Gasteiger partial charge in [-0.25, -0.2) is 4.79 Å². The molecular formula is C15H22N2O4. The molecule has 0 fully saturated rings. The molecule has 1 aliphatic heterocycles. The van der Waals surface area contributed by atoms with Crippen molar-refractivity contribution in [1.82, 2.24) is 10.6 Å². The first-order chi connectivity index (χ1) is 10.0. The average molecular weight is 294 g/mol. The molecule has 116 valence electrons. The van der Waals surface area contributed by atoms with Crippen LogP contribution in [-0.4, -0.2) is 39.5 Å². The molecule has 0 unspecified atom stereocenters. The number of fused-ring (bicyclic) bond motifs is 1. The van der Waals surface area contributed by atoms with Gasteiger partial charge in [0.1, 0.15) is 13.2 Å². The highest BCUT2D eigenvalue weighted by molar-refractivity contribution is 5.75. The molecule has 0 spiro atoms. The van der Waals surface area contributed by atoms with E-state index in [0.717, 1.165) is 11.3 Å². The Morgan fingerprint density at radius 1 is 1.29 bits per heavy atom. The van der Waals surface area contributed by atoms with Crippen molar-refractivity contribution in [2.75, 3.05) is 33.5 Å². The van der Waals surface area contributed by atoms with Crippen molar-refractivity contribution in [2.24, 2.45) is 0 Å². The molecular weight excluding hydrogens is 272 g/mol. The monoisotopic (exact) mass is 294 g/mol. The maximum atomic E-state index is 11.9. The molecule has 0 saturated heterocycles. The lowest BCUT2D eigenvalue weighted by molar-refractivity contribution is 0.171. The zero-order chi connectivity index (χ0) is 15.3. The molecule has 0 radical (unpaired) electrons. The van der Waals surface area contributed by atoms with E-state index in [1.165, 1.54) is 0 Å². The lowest BCUT2D eigenvalue weighted by Gasteiger charge is -2.28. The van der Waals surface area contributed by atoms with Gasteiger partial charge in [-0.15, -0.1) is 0 Å². The summed E-state index contributed by atoms with van der Waals surface area (Å²) in [4.78, 5) is 11.9. The van der Waals surface area contributed by atoms with Crippen molar-refractivity contribution in [2.45, 2.75) is 19.4 Å². The first-order valence-electron chi connectivity index (χ1n) is 6.98. The number of carbonyl (C=O) groups excluding carboxylic acids is 1. The summed E-state index contributed by atoms with van der Waals surface area (Å²) in [5.41, 5.74) is 0.432. The van der Waals surface area contributed by atoms with E-state index in [1.54, 1.807) is 7.11 Å². The Bertz CT molecular complexity index is 502. The molecule has 1 aliphatic rings. The van der Waals surface area contributed by atoms with Crippen molar-refractivity contribution in [3.8, 4) is 11.5 Å². The number of rotatable bonds is 5. The zero-order valence-corrected chi connectivity index (χ0v) is 12.7. The summed E-state index contributed by atoms with van der Waals surface area (Å²) >= 11 is 0. The minimum absolute atomic E-state index is 0.230. The standard InChI is InChI=1S/C15H22N2O4/c1-15(2,17-14(18)16-6-7-19-3)11-4-5-12-13(10-11)21-9-8-20-12/h4-5,10H,6-9H2,1-3H3,(H2,16,17,18). The van der Waals surface area contributed by atoms with Crippen molar-refractivity contribution in [3.63, 3.8) is 0 Å². The Balaban J connectivity index is 2.03. The van der Waals surface area contributed by atoms with Crippen LogP contribution in [0.3, 0.4) is 0 Å². The quantitative estimate of drug-likeness (QED) is 0.810. The van der Waals surface area contributed by atoms with Gasteiger partial charge in [-0.1, -0.05) is 6.07 Å². The van der Waals surface area contributed by atoms with Crippen molar-refractivity contribution in [3.05, 3.63) is 23.8 Å². The van der Waals surface area contributed by atoms with E-state index in [1.807, 2.05) is 32.0 Å². The summed E-state index contributed by atoms with van der Waals surface area (Å²) in [6, 6.07) is 5.48. The van der Waals surface area contributed by atoms with Crippen LogP contribution in [-0.2, 0) is 10.3 Å². The summed E-state index contributed by atoms with van der Waals surface area (Å²) in [6.45, 7) is 5.94. The highest BCUT2D eigenvalue weighted by Crippen LogP contribution is 2.34. The van der Waals surface area contributed by atoms with Crippen LogP contribution in [0.5, 0.6) is 11.5 Å². The normalized spacial score (nSPS) is 13.7. The third-order valence-corrected chi connectivity index (χ3v) is 3.28. The fourth-order valence-electron chi connectivity index (χ4n) is 2.10. The summed E-state index contributed by atoms with van der Waals surface area (Å²) in [7, 11) is 1.60. The number of urea groups is 1. The molecule has 2 N–H and O–H groups in total. The lowest BCUT2D eigenvalue weighted by atomic mass is 9.94. The predicted molar refractivity (Wildman–Crippen MR) is 78.9 cm³/mol. The summed E-state index contributed by atoms with van der Waals surface area (Å²) in [6.07, 6.45) is 0. The molecule has 0 saturated carbocycles. The molecule has 0 aromatic heterocycles. The predicted octanol–water partition coefficient (Wildman–Crippen LogP) is 1.64. The van der Waals surface area contributed by atoms with Crippen LogP contribution in [0.1, 0.15) is 19.4 Å². The van der Waals surface area contributed by atoms with E-state index in [4.69, 9.17) is 14.2 Å². The molecule has 6 heteroatoms. The number of hydrogen-bond donors (Lipinski definition) is 2. The highest BCUT2D eigenvalue weighted by atomic mass is 16.6. The molecule has 1 aromatic carbocycles. The number of carbonyl (C=O) groups is 1. The van der Waals surface area contributed by atoms with E-state index in [9.17, 15) is 4.79 Å². The van der Waals surface area contributed by atoms with Gasteiger partial charge in [-0.3, -0.25) is 0 Å². The van der Waals surface area contributed by atoms with Gasteiger partial charge in [0.15, 0.2) is 11.5 Å². The Morgan fingerprint density at radius 2 is 2.00 bits per heavy atom. The lowest BCUT2D eigenvalue weighted by Crippen LogP contribution is -2.47. The van der Waals surface area contributed by atoms with Crippen LogP contribution in [0.2, 0.25) is 0 Å². The van der Waals surface area contributed by atoms with E-state index in [0.29, 0.717) is 32.1 Å². The minimum atomic E-state index is -0.521. The van der Waals surface area contributed by atoms with Crippen LogP contribution >= 0.6 is 0 Å². The molecule has 6 nitrogen and oxygen atoms in total. The van der Waals surface area contributed by atoms with Crippen molar-refractivity contribution < 1.29 is 19.0 Å². The SMILES string of the molecule is COCCNC(=O)NC(C)(C)c1ccc2c(c1)OCCO2. The number of hydrogen-bond acceptors (Lipinski definition) is 4. The van der Waals surface area contributed by atoms with Gasteiger partial charge in [0.05, 0.1) is 12.1 Å². The fraction of sp³-hybridized carbons (Fsp3) is 0.533. The van der Waals surface area contributed by atoms with Gasteiger partial charge in [0.25, 0.3) is 0 Å². The van der Waals surface area contributed by atoms with Gasteiger partial charge < -0.3 is 24.8 Å². The van der Waals surface area contributed by atoms with Crippen LogP contribution < -0.4 is 20.1 Å². The first kappa shape index (κ1) is 15.4. The highest BCUT2D eigenvalue weighted by Gasteiger charge is 2.25. The average Bonchev–Trinajstić information content (AvgIpc) is 2.46. The van der Waals surface area contributed by atoms with Gasteiger partial charge in [0, 0.05) is 13.7 Å². The molecule has 21 heavy (non-hydrogen) atoms. The number of amides is 2. The van der Waals surface area contributed by atoms with E-state index < -0.39 is 5.54 Å². The third-order valence-electron chi connectivity index (χ3n) is 3.28. The second-order valence-electron chi connectivity index (χ2n) is 5.36. The Kier molecular flexibility index (Phi) is 4.90. The fourth-order valence-corrected chi connectivity index (χ4v) is 2.10. The largest absolute Gasteiger partial charge is 0.486 e. The second-order valence-corrected chi connectivity index (χ2v) is 5.36. The maximum absolute atomic E-state index is 11.9. The van der Waals surface area contributed by atoms with Crippen LogP contribution in [0.25, 0.3) is 0 Å². The van der Waals surface area contributed by atoms with Crippen LogP contribution in [0, 0.1) is 0 Å². The zero-order valence-electron chi connectivity index (χ0n) is 12.7. The molecule has 0 atom stereocenters. The van der Waals surface area contributed by atoms with Gasteiger partial charge in [0.2, 0.25) is 0 Å². The van der Waals surface area contributed by atoms with Gasteiger partial charge >= 0.3 is 6.03 Å². The molecule has 1 aromatic rings. The summed E-state index contributed by atoms with van der Waals surface area (Å²) in [5, 5.41) is 5.68. The topological polar surface area (TPSA) is 68.8 Å². The molecule has 1 heterocycles. The summed E-state index contributed by atoms with van der Waals surface area (Å²) < 4.78 is 16.0. The third kappa shape index (κ3) is 4.01.